The minimum atomic E-state index is -0.332. The number of nitrogens with two attached hydrogens (primary N) is 1. The van der Waals surface area contributed by atoms with Crippen LogP contribution in [0.4, 0.5) is 5.69 Å². The Balaban J connectivity index is 1.72. The van der Waals surface area contributed by atoms with Gasteiger partial charge in [0.15, 0.2) is 17.8 Å². The number of amides is 1. The summed E-state index contributed by atoms with van der Waals surface area (Å²) in [5.41, 5.74) is 2.30. The molecule has 0 unspecified atom stereocenters. The highest BCUT2D eigenvalue weighted by Gasteiger charge is 2.26. The van der Waals surface area contributed by atoms with Crippen LogP contribution in [0.15, 0.2) is 77.4 Å². The highest BCUT2D eigenvalue weighted by molar-refractivity contribution is 5.93. The molecule has 5 nitrogen and oxygen atoms in total. The average Bonchev–Trinajstić information content (AvgIpc) is 3.21. The molecule has 0 aliphatic carbocycles. The summed E-state index contributed by atoms with van der Waals surface area (Å²) in [5.74, 6) is 0.691. The molecule has 0 fully saturated rings. The molecule has 0 saturated heterocycles. The molecule has 1 heterocycles. The van der Waals surface area contributed by atoms with Gasteiger partial charge in [0.1, 0.15) is 0 Å². The summed E-state index contributed by atoms with van der Waals surface area (Å²) in [6, 6.07) is 22.2. The molecule has 2 atom stereocenters. The molecule has 1 aromatic heterocycles. The second-order valence-electron chi connectivity index (χ2n) is 6.06. The maximum absolute atomic E-state index is 12.6. The summed E-state index contributed by atoms with van der Waals surface area (Å²) >= 11 is 0. The van der Waals surface area contributed by atoms with E-state index in [0.29, 0.717) is 11.3 Å². The van der Waals surface area contributed by atoms with Crippen molar-refractivity contribution in [2.45, 2.75) is 19.0 Å². The van der Waals surface area contributed by atoms with Crippen molar-refractivity contribution in [1.29, 1.82) is 5.26 Å². The first-order valence-electron chi connectivity index (χ1n) is 8.41. The van der Waals surface area contributed by atoms with Crippen molar-refractivity contribution in [1.82, 2.24) is 0 Å². The Kier molecular flexibility index (Phi) is 5.47. The number of quaternary nitrogens is 1. The number of carbonyl (C=O) groups is 1. The van der Waals surface area contributed by atoms with Crippen molar-refractivity contribution >= 4 is 11.6 Å². The van der Waals surface area contributed by atoms with E-state index in [2.05, 4.69) is 11.4 Å². The van der Waals surface area contributed by atoms with Crippen molar-refractivity contribution < 1.29 is 14.5 Å². The molecule has 0 bridgehead atoms. The lowest BCUT2D eigenvalue weighted by atomic mass is 10.0. The van der Waals surface area contributed by atoms with Gasteiger partial charge in [-0.15, -0.1) is 0 Å². The number of anilines is 1. The van der Waals surface area contributed by atoms with E-state index in [1.165, 1.54) is 0 Å². The molecule has 5 heteroatoms. The van der Waals surface area contributed by atoms with E-state index in [9.17, 15) is 4.79 Å². The third kappa shape index (κ3) is 4.18. The summed E-state index contributed by atoms with van der Waals surface area (Å²) in [6.45, 7) is 1.86. The first-order chi connectivity index (χ1) is 12.7. The predicted molar refractivity (Wildman–Crippen MR) is 98.2 cm³/mol. The second kappa shape index (κ2) is 8.15. The number of nitrogens with one attached hydrogen (secondary N) is 1. The van der Waals surface area contributed by atoms with E-state index in [4.69, 9.17) is 9.68 Å². The SMILES string of the molecule is C[C@@H]([NH2+][C@@H](c1ccccc1)c1ccco1)C(=O)Nc1ccc(C#N)cc1. The highest BCUT2D eigenvalue weighted by atomic mass is 16.3. The van der Waals surface area contributed by atoms with Gasteiger partial charge in [0.05, 0.1) is 17.9 Å². The molecule has 0 saturated carbocycles. The van der Waals surface area contributed by atoms with Crippen LogP contribution in [0.5, 0.6) is 0 Å². The van der Waals surface area contributed by atoms with E-state index in [1.807, 2.05) is 54.7 Å². The normalized spacial score (nSPS) is 12.8. The summed E-state index contributed by atoms with van der Waals surface area (Å²) < 4.78 is 5.58. The Morgan fingerprint density at radius 2 is 1.81 bits per heavy atom. The zero-order valence-corrected chi connectivity index (χ0v) is 14.4. The molecule has 3 N–H and O–H groups in total. The van der Waals surface area contributed by atoms with Crippen LogP contribution in [0.1, 0.15) is 29.9 Å². The number of nitrogens with zero attached hydrogens (tertiary/aromatic N) is 1. The number of rotatable bonds is 6. The topological polar surface area (TPSA) is 82.6 Å². The zero-order valence-electron chi connectivity index (χ0n) is 14.4. The number of hydrogen-bond acceptors (Lipinski definition) is 3. The Labute approximate surface area is 152 Å². The molecule has 130 valence electrons. The van der Waals surface area contributed by atoms with Crippen molar-refractivity contribution in [2.24, 2.45) is 0 Å². The third-order valence-corrected chi connectivity index (χ3v) is 4.18. The van der Waals surface area contributed by atoms with Crippen molar-refractivity contribution in [2.75, 3.05) is 5.32 Å². The third-order valence-electron chi connectivity index (χ3n) is 4.18. The van der Waals surface area contributed by atoms with E-state index < -0.39 is 0 Å². The fourth-order valence-corrected chi connectivity index (χ4v) is 2.76. The van der Waals surface area contributed by atoms with Crippen LogP contribution in [0.2, 0.25) is 0 Å². The molecule has 3 rings (SSSR count). The van der Waals surface area contributed by atoms with Gasteiger partial charge in [-0.05, 0) is 43.3 Å². The van der Waals surface area contributed by atoms with Crippen LogP contribution < -0.4 is 10.6 Å². The second-order valence-corrected chi connectivity index (χ2v) is 6.06. The Morgan fingerprint density at radius 3 is 2.42 bits per heavy atom. The predicted octanol–water partition coefficient (Wildman–Crippen LogP) is 2.83. The summed E-state index contributed by atoms with van der Waals surface area (Å²) in [4.78, 5) is 12.6. The molecule has 26 heavy (non-hydrogen) atoms. The first-order valence-corrected chi connectivity index (χ1v) is 8.41. The summed E-state index contributed by atoms with van der Waals surface area (Å²) in [6.07, 6.45) is 1.64. The minimum absolute atomic E-state index is 0.104. The summed E-state index contributed by atoms with van der Waals surface area (Å²) in [5, 5.41) is 13.7. The molecule has 0 spiro atoms. The zero-order chi connectivity index (χ0) is 18.4. The van der Waals surface area contributed by atoms with Gasteiger partial charge in [0.2, 0.25) is 0 Å². The maximum atomic E-state index is 12.6. The van der Waals surface area contributed by atoms with Crippen LogP contribution in [0, 0.1) is 11.3 Å². The number of hydrogen-bond donors (Lipinski definition) is 2. The monoisotopic (exact) mass is 346 g/mol. The van der Waals surface area contributed by atoms with E-state index in [-0.39, 0.29) is 18.0 Å². The minimum Gasteiger partial charge on any atom is -0.463 e. The molecule has 1 amide bonds. The number of carbonyl (C=O) groups excluding carboxylic acids is 1. The van der Waals surface area contributed by atoms with Gasteiger partial charge >= 0.3 is 0 Å². The number of benzene rings is 2. The standard InChI is InChI=1S/C21H19N3O2/c1-15(21(25)24-18-11-9-16(14-22)10-12-18)23-20(19-8-5-13-26-19)17-6-3-2-4-7-17/h2-13,15,20,23H,1H3,(H,24,25)/p+1/t15-,20+/m1/s1. The fraction of sp³-hybridized carbons (Fsp3) is 0.143. The maximum Gasteiger partial charge on any atom is 0.282 e. The van der Waals surface area contributed by atoms with Crippen molar-refractivity contribution in [3.8, 4) is 6.07 Å². The van der Waals surface area contributed by atoms with E-state index in [0.717, 1.165) is 11.3 Å². The van der Waals surface area contributed by atoms with Crippen LogP contribution in [0.3, 0.4) is 0 Å². The average molecular weight is 346 g/mol. The first kappa shape index (κ1) is 17.5. The Hall–Kier alpha value is -3.36. The van der Waals surface area contributed by atoms with Gasteiger partial charge in [-0.2, -0.15) is 5.26 Å². The number of nitriles is 1. The van der Waals surface area contributed by atoms with Gasteiger partial charge in [-0.1, -0.05) is 30.3 Å². The largest absolute Gasteiger partial charge is 0.463 e. The van der Waals surface area contributed by atoms with Gasteiger partial charge in [-0.25, -0.2) is 0 Å². The smallest absolute Gasteiger partial charge is 0.282 e. The van der Waals surface area contributed by atoms with Gasteiger partial charge in [-0.3, -0.25) is 4.79 Å². The molecule has 0 aliphatic rings. The summed E-state index contributed by atoms with van der Waals surface area (Å²) in [7, 11) is 0. The van der Waals surface area contributed by atoms with Crippen molar-refractivity contribution in [3.05, 3.63) is 89.9 Å². The van der Waals surface area contributed by atoms with Crippen LogP contribution in [0.25, 0.3) is 0 Å². The van der Waals surface area contributed by atoms with Crippen molar-refractivity contribution in [3.63, 3.8) is 0 Å². The Bertz CT molecular complexity index is 881. The quantitative estimate of drug-likeness (QED) is 0.720. The lowest BCUT2D eigenvalue weighted by Crippen LogP contribution is -2.92. The molecule has 3 aromatic rings. The lowest BCUT2D eigenvalue weighted by molar-refractivity contribution is -0.706. The molecule has 0 aliphatic heterocycles. The lowest BCUT2D eigenvalue weighted by Gasteiger charge is -2.18. The molecular weight excluding hydrogens is 326 g/mol. The Morgan fingerprint density at radius 1 is 1.08 bits per heavy atom. The highest BCUT2D eigenvalue weighted by Crippen LogP contribution is 2.18. The number of furan rings is 1. The fourth-order valence-electron chi connectivity index (χ4n) is 2.76. The van der Waals surface area contributed by atoms with Gasteiger partial charge in [0.25, 0.3) is 5.91 Å². The van der Waals surface area contributed by atoms with Gasteiger partial charge < -0.3 is 15.1 Å². The molecule has 2 aromatic carbocycles. The van der Waals surface area contributed by atoms with Gasteiger partial charge in [0, 0.05) is 11.3 Å². The molecule has 0 radical (unpaired) electrons. The van der Waals surface area contributed by atoms with Crippen LogP contribution >= 0.6 is 0 Å². The van der Waals surface area contributed by atoms with E-state index in [1.54, 1.807) is 30.5 Å². The van der Waals surface area contributed by atoms with E-state index >= 15 is 0 Å². The van der Waals surface area contributed by atoms with Crippen LogP contribution in [-0.4, -0.2) is 11.9 Å². The van der Waals surface area contributed by atoms with Crippen LogP contribution in [-0.2, 0) is 4.79 Å². The molecular formula is C21H20N3O2+.